The predicted molar refractivity (Wildman–Crippen MR) is 111 cm³/mol. The van der Waals surface area contributed by atoms with Gasteiger partial charge in [-0.05, 0) is 19.4 Å². The number of nitrogens with zero attached hydrogens (tertiary/aromatic N) is 4. The average Bonchev–Trinajstić information content (AvgIpc) is 3.07. The van der Waals surface area contributed by atoms with Crippen LogP contribution in [0.25, 0.3) is 10.8 Å². The van der Waals surface area contributed by atoms with E-state index in [4.69, 9.17) is 0 Å². The summed E-state index contributed by atoms with van der Waals surface area (Å²) in [4.78, 5) is 31.4. The van der Waals surface area contributed by atoms with Crippen LogP contribution in [0.2, 0.25) is 0 Å². The van der Waals surface area contributed by atoms with Crippen LogP contribution in [-0.4, -0.2) is 33.7 Å². The minimum absolute atomic E-state index is 0.0402. The molecule has 0 aliphatic carbocycles. The zero-order chi connectivity index (χ0) is 21.9. The van der Waals surface area contributed by atoms with Crippen molar-refractivity contribution in [2.75, 3.05) is 0 Å². The summed E-state index contributed by atoms with van der Waals surface area (Å²) in [6.07, 6.45) is 3.98. The Labute approximate surface area is 173 Å². The number of hydrazine groups is 1. The molecule has 0 aliphatic heterocycles. The van der Waals surface area contributed by atoms with Gasteiger partial charge in [0, 0.05) is 25.2 Å². The number of fused-ring (bicyclic) bond motifs is 1. The Morgan fingerprint density at radius 3 is 2.50 bits per heavy atom. The molecule has 0 unspecified atom stereocenters. The number of rotatable bonds is 8. The summed E-state index contributed by atoms with van der Waals surface area (Å²) < 4.78 is 27.6. The third kappa shape index (κ3) is 4.41. The van der Waals surface area contributed by atoms with Crippen molar-refractivity contribution in [2.45, 2.75) is 44.7 Å². The number of aryl methyl sites for hydroxylation is 3. The molecular weight excluding hydrogens is 408 g/mol. The Morgan fingerprint density at radius 1 is 1.17 bits per heavy atom. The Balaban J connectivity index is 1.90. The number of unbranched alkanes of at least 4 members (excludes halogenated alkanes) is 2. The van der Waals surface area contributed by atoms with Crippen molar-refractivity contribution >= 4 is 26.7 Å². The van der Waals surface area contributed by atoms with Gasteiger partial charge in [-0.2, -0.15) is 5.10 Å². The van der Waals surface area contributed by atoms with Crippen molar-refractivity contribution in [3.63, 3.8) is 0 Å². The van der Waals surface area contributed by atoms with E-state index in [0.29, 0.717) is 23.1 Å². The molecule has 0 saturated heterocycles. The molecule has 2 N–H and O–H groups in total. The van der Waals surface area contributed by atoms with E-state index < -0.39 is 15.9 Å². The van der Waals surface area contributed by atoms with E-state index in [0.717, 1.165) is 19.3 Å². The first-order chi connectivity index (χ1) is 14.2. The molecule has 30 heavy (non-hydrogen) atoms. The third-order valence-corrected chi connectivity index (χ3v) is 5.84. The molecule has 2 aromatic heterocycles. The molecule has 3 rings (SSSR count). The van der Waals surface area contributed by atoms with Gasteiger partial charge in [0.2, 0.25) is 0 Å². The Kier molecular flexibility index (Phi) is 6.32. The standard InChI is InChI=1S/C19H24N6O4S/c1-4-5-8-11-25-19(27)15-10-7-6-9-14(15)17(22-25)18(26)21-23-30(28,29)16-12-24(3)13(2)20-16/h6-7,9-10,12,23H,4-5,8,11H2,1-3H3,(H,21,26). The fourth-order valence-corrected chi connectivity index (χ4v) is 3.83. The van der Waals surface area contributed by atoms with Crippen molar-refractivity contribution in [3.8, 4) is 0 Å². The van der Waals surface area contributed by atoms with Crippen LogP contribution in [0.4, 0.5) is 0 Å². The van der Waals surface area contributed by atoms with Gasteiger partial charge in [0.05, 0.1) is 5.39 Å². The number of hydrogen-bond donors (Lipinski definition) is 2. The first-order valence-corrected chi connectivity index (χ1v) is 11.0. The maximum Gasteiger partial charge on any atom is 0.287 e. The largest absolute Gasteiger partial charge is 0.337 e. The third-order valence-electron chi connectivity index (χ3n) is 4.72. The highest BCUT2D eigenvalue weighted by atomic mass is 32.2. The Bertz CT molecular complexity index is 1230. The summed E-state index contributed by atoms with van der Waals surface area (Å²) in [6.45, 7) is 4.08. The number of carbonyl (C=O) groups excluding carboxylic acids is 1. The summed E-state index contributed by atoms with van der Waals surface area (Å²) >= 11 is 0. The second kappa shape index (κ2) is 8.76. The molecular formula is C19H24N6O4S. The molecule has 10 nitrogen and oxygen atoms in total. The van der Waals surface area contributed by atoms with Gasteiger partial charge in [-0.25, -0.2) is 18.1 Å². The fourth-order valence-electron chi connectivity index (χ4n) is 2.95. The molecule has 0 bridgehead atoms. The van der Waals surface area contributed by atoms with Crippen molar-refractivity contribution in [2.24, 2.45) is 7.05 Å². The highest BCUT2D eigenvalue weighted by molar-refractivity contribution is 7.89. The quantitative estimate of drug-likeness (QED) is 0.407. The molecule has 160 valence electrons. The van der Waals surface area contributed by atoms with Gasteiger partial charge < -0.3 is 4.57 Å². The monoisotopic (exact) mass is 432 g/mol. The van der Waals surface area contributed by atoms with E-state index >= 15 is 0 Å². The highest BCUT2D eigenvalue weighted by Crippen LogP contribution is 2.14. The lowest BCUT2D eigenvalue weighted by molar-refractivity contribution is 0.0939. The number of imidazole rings is 1. The SMILES string of the molecule is CCCCCn1nc(C(=O)NNS(=O)(=O)c2cn(C)c(C)n2)c2ccccc2c1=O. The van der Waals surface area contributed by atoms with Gasteiger partial charge >= 0.3 is 0 Å². The van der Waals surface area contributed by atoms with Crippen LogP contribution >= 0.6 is 0 Å². The van der Waals surface area contributed by atoms with Crippen molar-refractivity contribution < 1.29 is 13.2 Å². The first-order valence-electron chi connectivity index (χ1n) is 9.56. The molecule has 0 radical (unpaired) electrons. The number of nitrogens with one attached hydrogen (secondary N) is 2. The molecule has 1 amide bonds. The first kappa shape index (κ1) is 21.7. The summed E-state index contributed by atoms with van der Waals surface area (Å²) in [5.41, 5.74) is 1.84. The Hall–Kier alpha value is -3.05. The van der Waals surface area contributed by atoms with Crippen molar-refractivity contribution in [1.82, 2.24) is 29.6 Å². The van der Waals surface area contributed by atoms with E-state index in [1.807, 2.05) is 11.8 Å². The minimum atomic E-state index is -4.06. The fraction of sp³-hybridized carbons (Fsp3) is 0.368. The molecule has 1 aromatic carbocycles. The van der Waals surface area contributed by atoms with Crippen LogP contribution in [0, 0.1) is 6.92 Å². The van der Waals surface area contributed by atoms with Crippen LogP contribution in [0.15, 0.2) is 40.3 Å². The Morgan fingerprint density at radius 2 is 1.87 bits per heavy atom. The minimum Gasteiger partial charge on any atom is -0.337 e. The van der Waals surface area contributed by atoms with Gasteiger partial charge in [0.15, 0.2) is 10.7 Å². The van der Waals surface area contributed by atoms with Crippen LogP contribution in [-0.2, 0) is 23.6 Å². The molecule has 0 fully saturated rings. The predicted octanol–water partition coefficient (Wildman–Crippen LogP) is 1.25. The zero-order valence-electron chi connectivity index (χ0n) is 17.0. The van der Waals surface area contributed by atoms with Crippen LogP contribution in [0.3, 0.4) is 0 Å². The topological polar surface area (TPSA) is 128 Å². The summed E-state index contributed by atoms with van der Waals surface area (Å²) in [6, 6.07) is 6.61. The lowest BCUT2D eigenvalue weighted by Crippen LogP contribution is -2.42. The second-order valence-electron chi connectivity index (χ2n) is 6.93. The molecule has 0 saturated carbocycles. The van der Waals surface area contributed by atoms with Crippen molar-refractivity contribution in [1.29, 1.82) is 0 Å². The van der Waals surface area contributed by atoms with E-state index in [2.05, 4.69) is 15.5 Å². The summed E-state index contributed by atoms with van der Waals surface area (Å²) in [5.74, 6) is -0.264. The molecule has 0 aliphatic rings. The smallest absolute Gasteiger partial charge is 0.287 e. The van der Waals surface area contributed by atoms with Gasteiger partial charge in [0.1, 0.15) is 5.82 Å². The second-order valence-corrected chi connectivity index (χ2v) is 8.56. The summed E-state index contributed by atoms with van der Waals surface area (Å²) in [7, 11) is -2.40. The van der Waals surface area contributed by atoms with Crippen molar-refractivity contribution in [3.05, 3.63) is 52.3 Å². The molecule has 11 heteroatoms. The molecule has 2 heterocycles. The number of benzene rings is 1. The number of carbonyl (C=O) groups is 1. The van der Waals surface area contributed by atoms with E-state index in [-0.39, 0.29) is 16.3 Å². The molecule has 3 aromatic rings. The highest BCUT2D eigenvalue weighted by Gasteiger charge is 2.22. The lowest BCUT2D eigenvalue weighted by atomic mass is 10.1. The molecule has 0 spiro atoms. The van der Waals surface area contributed by atoms with Gasteiger partial charge in [-0.3, -0.25) is 15.0 Å². The van der Waals surface area contributed by atoms with Gasteiger partial charge in [0.25, 0.3) is 21.5 Å². The number of aromatic nitrogens is 4. The van der Waals surface area contributed by atoms with E-state index in [9.17, 15) is 18.0 Å². The maximum atomic E-state index is 12.8. The number of amides is 1. The molecule has 0 atom stereocenters. The lowest BCUT2D eigenvalue weighted by Gasteiger charge is -2.11. The normalized spacial score (nSPS) is 11.7. The number of sulfonamides is 1. The average molecular weight is 433 g/mol. The van der Waals surface area contributed by atoms with Crippen LogP contribution in [0.5, 0.6) is 0 Å². The zero-order valence-corrected chi connectivity index (χ0v) is 17.9. The van der Waals surface area contributed by atoms with Crippen LogP contribution in [0.1, 0.15) is 42.5 Å². The number of hydrogen-bond acceptors (Lipinski definition) is 6. The van der Waals surface area contributed by atoms with Gasteiger partial charge in [-0.15, -0.1) is 4.83 Å². The van der Waals surface area contributed by atoms with E-state index in [1.54, 1.807) is 42.8 Å². The summed E-state index contributed by atoms with van der Waals surface area (Å²) in [5, 5.41) is 4.68. The maximum absolute atomic E-state index is 12.8. The van der Waals surface area contributed by atoms with Crippen LogP contribution < -0.4 is 15.8 Å². The van der Waals surface area contributed by atoms with Gasteiger partial charge in [-0.1, -0.05) is 38.0 Å². The van der Waals surface area contributed by atoms with E-state index in [1.165, 1.54) is 10.9 Å².